The van der Waals surface area contributed by atoms with Gasteiger partial charge in [-0.25, -0.2) is 9.59 Å². The molecule has 0 spiro atoms. The molecule has 2 saturated heterocycles. The summed E-state index contributed by atoms with van der Waals surface area (Å²) in [7, 11) is 0. The molecule has 4 heterocycles. The second-order valence-electron chi connectivity index (χ2n) is 14.1. The highest BCUT2D eigenvalue weighted by Gasteiger charge is 2.21. The first-order chi connectivity index (χ1) is 30.4. The molecule has 10 nitrogen and oxygen atoms in total. The predicted molar refractivity (Wildman–Crippen MR) is 243 cm³/mol. The van der Waals surface area contributed by atoms with E-state index >= 15 is 0 Å². The number of hydrogen-bond donors (Lipinski definition) is 3. The summed E-state index contributed by atoms with van der Waals surface area (Å²) in [5, 5.41) is 1.82. The quantitative estimate of drug-likeness (QED) is 0.136. The van der Waals surface area contributed by atoms with Gasteiger partial charge in [-0.3, -0.25) is 14.9 Å². The average Bonchev–Trinajstić information content (AvgIpc) is 3.91. The highest BCUT2D eigenvalue weighted by Crippen LogP contribution is 2.28. The van der Waals surface area contributed by atoms with Crippen LogP contribution in [0.2, 0.25) is 0 Å². The van der Waals surface area contributed by atoms with Crippen LogP contribution in [0, 0.1) is 0 Å². The summed E-state index contributed by atoms with van der Waals surface area (Å²) in [6.07, 6.45) is 0. The zero-order valence-corrected chi connectivity index (χ0v) is 34.0. The van der Waals surface area contributed by atoms with E-state index in [1.54, 1.807) is 6.07 Å². The van der Waals surface area contributed by atoms with Crippen molar-refractivity contribution in [2.24, 2.45) is 0 Å². The zero-order valence-electron chi connectivity index (χ0n) is 36.4. The van der Waals surface area contributed by atoms with Crippen molar-refractivity contribution in [1.29, 1.82) is 0 Å². The Labute approximate surface area is 356 Å². The third kappa shape index (κ3) is 9.94. The minimum Gasteiger partial charge on any atom is -0.406 e. The van der Waals surface area contributed by atoms with Gasteiger partial charge < -0.3 is 24.0 Å². The molecule has 0 radical (unpaired) electrons. The second kappa shape index (κ2) is 19.1. The van der Waals surface area contributed by atoms with Gasteiger partial charge in [0.1, 0.15) is 0 Å². The molecule has 11 heteroatoms. The number of fused-ring (bicyclic) bond motifs is 2. The number of benzene rings is 6. The molecule has 59 heavy (non-hydrogen) atoms. The summed E-state index contributed by atoms with van der Waals surface area (Å²) in [6.45, 7) is 4.64. The number of H-pyrrole nitrogens is 2. The van der Waals surface area contributed by atoms with Crippen LogP contribution in [0.5, 0.6) is 0 Å². The predicted octanol–water partition coefficient (Wildman–Crippen LogP) is 8.89. The van der Waals surface area contributed by atoms with Crippen molar-refractivity contribution in [1.82, 2.24) is 20.2 Å². The van der Waals surface area contributed by atoms with Crippen molar-refractivity contribution >= 4 is 49.5 Å². The van der Waals surface area contributed by atoms with Crippen molar-refractivity contribution in [3.8, 4) is 22.3 Å². The summed E-state index contributed by atoms with van der Waals surface area (Å²) < 4.78 is 43.4. The maximum absolute atomic E-state index is 11.6. The molecule has 2 aromatic heterocycles. The fourth-order valence-corrected chi connectivity index (χ4v) is 7.60. The molecule has 3 N–H and O–H groups in total. The van der Waals surface area contributed by atoms with E-state index in [0.717, 1.165) is 65.3 Å². The number of aromatic amines is 2. The molecule has 0 unspecified atom stereocenters. The van der Waals surface area contributed by atoms with Crippen molar-refractivity contribution < 1.29 is 14.3 Å². The van der Waals surface area contributed by atoms with Gasteiger partial charge in [-0.1, -0.05) is 131 Å². The number of aromatic nitrogens is 2. The monoisotopic (exact) mass is 854 g/mol. The van der Waals surface area contributed by atoms with Crippen LogP contribution in [0.25, 0.3) is 44.5 Å². The molecule has 2 aliphatic heterocycles. The Morgan fingerprint density at radius 1 is 0.525 bits per heavy atom. The normalized spacial score (nSPS) is 15.9. The van der Waals surface area contributed by atoms with Crippen LogP contribution in [-0.4, -0.2) is 67.2 Å². The topological polar surface area (TPSA) is 114 Å². The smallest absolute Gasteiger partial charge is 0.406 e. The Morgan fingerprint density at radius 2 is 0.983 bits per heavy atom. The minimum atomic E-state index is -1.58. The molecular weight excluding hydrogens is 804 g/mol. The highest BCUT2D eigenvalue weighted by atomic mass is 79.9. The van der Waals surface area contributed by atoms with E-state index in [-0.39, 0.29) is 0 Å². The first kappa shape index (κ1) is 34.9. The van der Waals surface area contributed by atoms with Gasteiger partial charge >= 0.3 is 11.5 Å². The molecule has 0 saturated carbocycles. The molecule has 10 rings (SSSR count). The Hall–Kier alpha value is -6.14. The van der Waals surface area contributed by atoms with Crippen LogP contribution in [0.3, 0.4) is 0 Å². The largest absolute Gasteiger partial charge is 0.417 e. The minimum absolute atomic E-state index is 0.391. The first-order valence-corrected chi connectivity index (χ1v) is 20.4. The highest BCUT2D eigenvalue weighted by molar-refractivity contribution is 9.08. The van der Waals surface area contributed by atoms with Crippen molar-refractivity contribution in [2.45, 2.75) is 11.8 Å². The van der Waals surface area contributed by atoms with Crippen LogP contribution in [0.15, 0.2) is 164 Å². The Bertz CT molecular complexity index is 2880. The summed E-state index contributed by atoms with van der Waals surface area (Å²) in [4.78, 5) is 34.4. The van der Waals surface area contributed by atoms with Crippen LogP contribution in [-0.2, 0) is 11.8 Å². The van der Waals surface area contributed by atoms with Crippen LogP contribution in [0.4, 0.5) is 11.4 Å². The Kier molecular flexibility index (Phi) is 11.3. The number of nitrogens with zero attached hydrogens (tertiary/aromatic N) is 3. The third-order valence-electron chi connectivity index (χ3n) is 10.3. The number of halogens is 1. The molecule has 0 aliphatic carbocycles. The van der Waals surface area contributed by atoms with Gasteiger partial charge in [0, 0.05) is 69.6 Å². The SMILES string of the molecule is O=c1[nH]c2cccc(N3CCNCC3)c2o1.[2H]C([2H])(Br)c1cccc(-c2ccccc2)c1.[2H]C([2H])(c1cccc(-c2ccccc2)c1)N1CCN(c2cccc3[nH]c(=O)oc23)CC1. The fraction of sp³-hybridized carbons (Fsp3) is 0.208. The van der Waals surface area contributed by atoms with Gasteiger partial charge in [-0.05, 0) is 63.7 Å². The lowest BCUT2D eigenvalue weighted by molar-refractivity contribution is 0.250. The van der Waals surface area contributed by atoms with Crippen LogP contribution in [0.1, 0.15) is 16.6 Å². The van der Waals surface area contributed by atoms with Gasteiger partial charge in [0.2, 0.25) is 0 Å². The molecule has 6 aromatic carbocycles. The number of hydrogen-bond acceptors (Lipinski definition) is 8. The zero-order chi connectivity index (χ0) is 44.0. The summed E-state index contributed by atoms with van der Waals surface area (Å²) in [6, 6.07) is 46.6. The maximum atomic E-state index is 11.6. The maximum Gasteiger partial charge on any atom is 0.417 e. The van der Waals surface area contributed by atoms with Crippen molar-refractivity contribution in [3.05, 3.63) is 178 Å². The van der Waals surface area contributed by atoms with Gasteiger partial charge in [0.05, 0.1) is 22.4 Å². The molecule has 2 fully saturated rings. The molecule has 0 bridgehead atoms. The first-order valence-electron chi connectivity index (χ1n) is 21.6. The van der Waals surface area contributed by atoms with E-state index in [4.69, 9.17) is 14.3 Å². The second-order valence-corrected chi connectivity index (χ2v) is 14.5. The lowest BCUT2D eigenvalue weighted by Crippen LogP contribution is -2.46. The summed E-state index contributed by atoms with van der Waals surface area (Å²) in [5.74, 6) is -0.853. The molecule has 2 aliphatic rings. The van der Waals surface area contributed by atoms with E-state index in [1.165, 1.54) is 0 Å². The Balaban J connectivity index is 0.000000143. The van der Waals surface area contributed by atoms with Crippen LogP contribution >= 0.6 is 15.9 Å². The number of nitrogens with one attached hydrogen (secondary N) is 3. The molecular formula is C48H47BrN6O4. The lowest BCUT2D eigenvalue weighted by Gasteiger charge is -2.36. The molecule has 0 atom stereocenters. The van der Waals surface area contributed by atoms with Crippen LogP contribution < -0.4 is 26.6 Å². The van der Waals surface area contributed by atoms with Gasteiger partial charge in [0.15, 0.2) is 11.2 Å². The standard InChI is InChI=1S/C24H23N3O2.C13H11Br.C11H13N3O2/c28-24-25-21-10-5-11-22(23(21)29-24)27-14-12-26(13-15-27)17-18-6-4-9-20(16-18)19-7-2-1-3-8-19;14-10-11-5-4-8-13(9-11)12-6-2-1-3-7-12;15-11-13-8-2-1-3-9(10(8)16-11)14-6-4-12-5-7-14/h1-11,16H,12-15,17H2,(H,25,28);1-9H,10H2;1-3,12H,4-7H2,(H,13,15)/i17D2;10D2;. The Morgan fingerprint density at radius 3 is 1.51 bits per heavy atom. The molecule has 8 aromatic rings. The number of anilines is 2. The average molecular weight is 856 g/mol. The molecule has 0 amide bonds. The number of para-hydroxylation sites is 2. The third-order valence-corrected chi connectivity index (χ3v) is 10.7. The van der Waals surface area contributed by atoms with E-state index in [0.29, 0.717) is 54.0 Å². The van der Waals surface area contributed by atoms with Gasteiger partial charge in [0.25, 0.3) is 0 Å². The number of piperazine rings is 2. The number of oxazole rings is 2. The van der Waals surface area contributed by atoms with Gasteiger partial charge in [-0.2, -0.15) is 0 Å². The fourth-order valence-electron chi connectivity index (χ4n) is 7.35. The van der Waals surface area contributed by atoms with E-state index in [1.807, 2.05) is 144 Å². The van der Waals surface area contributed by atoms with Crippen molar-refractivity contribution in [2.75, 3.05) is 62.2 Å². The summed E-state index contributed by atoms with van der Waals surface area (Å²) in [5.41, 5.74) is 10.0. The lowest BCUT2D eigenvalue weighted by atomic mass is 10.0. The van der Waals surface area contributed by atoms with Gasteiger partial charge in [-0.15, -0.1) is 0 Å². The van der Waals surface area contributed by atoms with E-state index in [9.17, 15) is 9.59 Å². The number of alkyl halides is 1. The summed E-state index contributed by atoms with van der Waals surface area (Å²) >= 11 is 3.03. The number of rotatable bonds is 7. The molecule has 300 valence electrons. The van der Waals surface area contributed by atoms with E-state index < -0.39 is 23.3 Å². The van der Waals surface area contributed by atoms with E-state index in [2.05, 4.69) is 41.0 Å². The van der Waals surface area contributed by atoms with Crippen molar-refractivity contribution in [3.63, 3.8) is 0 Å².